The van der Waals surface area contributed by atoms with Crippen molar-refractivity contribution in [2.45, 2.75) is 32.8 Å². The lowest BCUT2D eigenvalue weighted by Gasteiger charge is -2.15. The predicted molar refractivity (Wildman–Crippen MR) is 41.0 cm³/mol. The van der Waals surface area contributed by atoms with Crippen molar-refractivity contribution in [3.63, 3.8) is 0 Å². The molecule has 0 aromatic rings. The third-order valence-electron chi connectivity index (χ3n) is 0.936. The number of rotatable bonds is 3. The van der Waals surface area contributed by atoms with Crippen molar-refractivity contribution in [1.29, 1.82) is 0 Å². The zero-order chi connectivity index (χ0) is 8.20. The van der Waals surface area contributed by atoms with Crippen LogP contribution >= 0.6 is 0 Å². The normalized spacial score (nSPS) is 13.5. The Morgan fingerprint density at radius 3 is 2.40 bits per heavy atom. The smallest absolute Gasteiger partial charge is 0.106 e. The molecule has 1 N–H and O–H groups in total. The number of oxime groups is 1. The molecule has 0 aliphatic rings. The maximum Gasteiger partial charge on any atom is 0.106 e. The second-order valence-corrected chi connectivity index (χ2v) is 3.00. The summed E-state index contributed by atoms with van der Waals surface area (Å²) in [5.74, 6) is 0. The van der Waals surface area contributed by atoms with Gasteiger partial charge in [0.2, 0.25) is 0 Å². The lowest BCUT2D eigenvalue weighted by atomic mass is 10.0. The molecule has 0 atom stereocenters. The summed E-state index contributed by atoms with van der Waals surface area (Å²) in [6.07, 6.45) is 0.542. The highest BCUT2D eigenvalue weighted by atomic mass is 16.6. The second-order valence-electron chi connectivity index (χ2n) is 3.00. The van der Waals surface area contributed by atoms with Crippen molar-refractivity contribution in [1.82, 2.24) is 0 Å². The van der Waals surface area contributed by atoms with E-state index in [2.05, 4.69) is 9.99 Å². The molecule has 3 nitrogen and oxygen atoms in total. The quantitative estimate of drug-likeness (QED) is 0.478. The van der Waals surface area contributed by atoms with Crippen LogP contribution in [0.1, 0.15) is 27.2 Å². The van der Waals surface area contributed by atoms with E-state index in [0.717, 1.165) is 5.71 Å². The first-order valence-electron chi connectivity index (χ1n) is 3.25. The highest BCUT2D eigenvalue weighted by Gasteiger charge is 2.13. The number of hydrogen-bond acceptors (Lipinski definition) is 3. The maximum atomic E-state index is 9.28. The Labute approximate surface area is 61.7 Å². The van der Waals surface area contributed by atoms with Crippen molar-refractivity contribution < 1.29 is 9.94 Å². The van der Waals surface area contributed by atoms with E-state index in [9.17, 15) is 5.11 Å². The molecule has 0 saturated carbocycles. The lowest BCUT2D eigenvalue weighted by molar-refractivity contribution is 0.0868. The molecule has 0 fully saturated rings. The first kappa shape index (κ1) is 9.43. The molecule has 60 valence electrons. The van der Waals surface area contributed by atoms with Crippen molar-refractivity contribution >= 4 is 5.71 Å². The van der Waals surface area contributed by atoms with Gasteiger partial charge in [-0.1, -0.05) is 5.16 Å². The largest absolute Gasteiger partial charge is 0.399 e. The Balaban J connectivity index is 3.79. The van der Waals surface area contributed by atoms with E-state index in [1.807, 2.05) is 6.92 Å². The Bertz CT molecular complexity index is 124. The van der Waals surface area contributed by atoms with Gasteiger partial charge < -0.3 is 9.94 Å². The zero-order valence-corrected chi connectivity index (χ0v) is 7.01. The third-order valence-corrected chi connectivity index (χ3v) is 0.936. The summed E-state index contributed by atoms with van der Waals surface area (Å²) in [6.45, 7) is 5.30. The van der Waals surface area contributed by atoms with Gasteiger partial charge in [0.1, 0.15) is 7.11 Å². The molecule has 0 rings (SSSR count). The highest BCUT2D eigenvalue weighted by Crippen LogP contribution is 2.07. The molecule has 0 saturated heterocycles. The first-order chi connectivity index (χ1) is 4.45. The zero-order valence-electron chi connectivity index (χ0n) is 7.01. The average Bonchev–Trinajstić information content (AvgIpc) is 1.59. The second kappa shape index (κ2) is 3.56. The summed E-state index contributed by atoms with van der Waals surface area (Å²) in [5.41, 5.74) is 0.113. The molecule has 0 aliphatic carbocycles. The van der Waals surface area contributed by atoms with Crippen LogP contribution in [0.15, 0.2) is 5.16 Å². The van der Waals surface area contributed by atoms with Crippen LogP contribution in [0.5, 0.6) is 0 Å². The average molecular weight is 145 g/mol. The van der Waals surface area contributed by atoms with Crippen LogP contribution in [0.2, 0.25) is 0 Å². The Kier molecular flexibility index (Phi) is 3.36. The molecule has 0 bridgehead atoms. The van der Waals surface area contributed by atoms with E-state index in [4.69, 9.17) is 0 Å². The van der Waals surface area contributed by atoms with Crippen LogP contribution in [0.3, 0.4) is 0 Å². The summed E-state index contributed by atoms with van der Waals surface area (Å²) in [5, 5.41) is 12.9. The third kappa shape index (κ3) is 5.56. The minimum absolute atomic E-state index is 0.542. The molecule has 10 heavy (non-hydrogen) atoms. The molecule has 0 spiro atoms. The van der Waals surface area contributed by atoms with Crippen molar-refractivity contribution in [2.24, 2.45) is 5.16 Å². The maximum absolute atomic E-state index is 9.28. The van der Waals surface area contributed by atoms with Gasteiger partial charge in [-0.15, -0.1) is 0 Å². The van der Waals surface area contributed by atoms with Gasteiger partial charge in [-0.3, -0.25) is 0 Å². The molecule has 0 unspecified atom stereocenters. The van der Waals surface area contributed by atoms with Crippen molar-refractivity contribution in [3.8, 4) is 0 Å². The minimum atomic E-state index is -0.688. The van der Waals surface area contributed by atoms with E-state index >= 15 is 0 Å². The van der Waals surface area contributed by atoms with Crippen LogP contribution in [0.4, 0.5) is 0 Å². The van der Waals surface area contributed by atoms with Crippen LogP contribution in [0.25, 0.3) is 0 Å². The number of nitrogens with zero attached hydrogens (tertiary/aromatic N) is 1. The Hall–Kier alpha value is -0.570. The van der Waals surface area contributed by atoms with E-state index < -0.39 is 5.60 Å². The molecule has 3 heteroatoms. The molecule has 0 heterocycles. The van der Waals surface area contributed by atoms with Gasteiger partial charge in [-0.25, -0.2) is 0 Å². The summed E-state index contributed by atoms with van der Waals surface area (Å²) in [4.78, 5) is 4.53. The number of hydrogen-bond donors (Lipinski definition) is 1. The van der Waals surface area contributed by atoms with Gasteiger partial charge in [0, 0.05) is 6.42 Å². The monoisotopic (exact) mass is 145 g/mol. The summed E-state index contributed by atoms with van der Waals surface area (Å²) in [6, 6.07) is 0. The van der Waals surface area contributed by atoms with E-state index in [1.54, 1.807) is 13.8 Å². The molecule has 0 radical (unpaired) electrons. The summed E-state index contributed by atoms with van der Waals surface area (Å²) in [7, 11) is 1.49. The molecule has 0 aliphatic heterocycles. The van der Waals surface area contributed by atoms with Gasteiger partial charge >= 0.3 is 0 Å². The topological polar surface area (TPSA) is 41.8 Å². The molecular formula is C7H15NO2. The Morgan fingerprint density at radius 1 is 1.60 bits per heavy atom. The molecule has 0 amide bonds. The fourth-order valence-electron chi connectivity index (χ4n) is 0.814. The van der Waals surface area contributed by atoms with E-state index in [-0.39, 0.29) is 0 Å². The van der Waals surface area contributed by atoms with E-state index in [1.165, 1.54) is 7.11 Å². The Morgan fingerprint density at radius 2 is 2.10 bits per heavy atom. The van der Waals surface area contributed by atoms with E-state index in [0.29, 0.717) is 6.42 Å². The minimum Gasteiger partial charge on any atom is -0.399 e. The highest BCUT2D eigenvalue weighted by molar-refractivity contribution is 5.82. The van der Waals surface area contributed by atoms with Crippen LogP contribution in [-0.2, 0) is 4.84 Å². The van der Waals surface area contributed by atoms with Gasteiger partial charge in [0.15, 0.2) is 0 Å². The molecular weight excluding hydrogens is 130 g/mol. The van der Waals surface area contributed by atoms with Crippen molar-refractivity contribution in [2.75, 3.05) is 7.11 Å². The van der Waals surface area contributed by atoms with Gasteiger partial charge in [-0.2, -0.15) is 0 Å². The molecule has 0 aromatic heterocycles. The van der Waals surface area contributed by atoms with Gasteiger partial charge in [-0.05, 0) is 20.8 Å². The fourth-order valence-corrected chi connectivity index (χ4v) is 0.814. The van der Waals surface area contributed by atoms with Gasteiger partial charge in [0.05, 0.1) is 11.3 Å². The standard InChI is InChI=1S/C7H15NO2/c1-6(8-10-4)5-7(2,3)9/h9H,5H2,1-4H3. The molecule has 0 aromatic carbocycles. The number of aliphatic hydroxyl groups is 1. The summed E-state index contributed by atoms with van der Waals surface area (Å²) >= 11 is 0. The van der Waals surface area contributed by atoms with Crippen LogP contribution in [0, 0.1) is 0 Å². The van der Waals surface area contributed by atoms with Crippen LogP contribution < -0.4 is 0 Å². The van der Waals surface area contributed by atoms with Gasteiger partial charge in [0.25, 0.3) is 0 Å². The SMILES string of the molecule is CON=C(C)CC(C)(C)O. The van der Waals surface area contributed by atoms with Crippen molar-refractivity contribution in [3.05, 3.63) is 0 Å². The van der Waals surface area contributed by atoms with Crippen LogP contribution in [-0.4, -0.2) is 23.5 Å². The summed E-state index contributed by atoms with van der Waals surface area (Å²) < 4.78 is 0. The first-order valence-corrected chi connectivity index (χ1v) is 3.25. The fraction of sp³-hybridized carbons (Fsp3) is 0.857. The lowest BCUT2D eigenvalue weighted by Crippen LogP contribution is -2.21. The predicted octanol–water partition coefficient (Wildman–Crippen LogP) is 1.17.